The largest absolute Gasteiger partial charge is 0.468 e. The van der Waals surface area contributed by atoms with Crippen LogP contribution in [0.25, 0.3) is 0 Å². The minimum atomic E-state index is -0.297. The van der Waals surface area contributed by atoms with Gasteiger partial charge in [-0.25, -0.2) is 4.79 Å². The fourth-order valence-corrected chi connectivity index (χ4v) is 3.83. The second-order valence-electron chi connectivity index (χ2n) is 6.38. The zero-order valence-corrected chi connectivity index (χ0v) is 13.5. The lowest BCUT2D eigenvalue weighted by molar-refractivity contribution is -0.150. The van der Waals surface area contributed by atoms with Crippen molar-refractivity contribution in [3.05, 3.63) is 35.4 Å². The first-order chi connectivity index (χ1) is 10.7. The molecule has 120 valence electrons. The molecule has 22 heavy (non-hydrogen) atoms. The molecular weight excluding hydrogens is 278 g/mol. The fourth-order valence-electron chi connectivity index (χ4n) is 3.83. The van der Waals surface area contributed by atoms with Gasteiger partial charge in [-0.3, -0.25) is 4.90 Å². The third kappa shape index (κ3) is 3.03. The Labute approximate surface area is 132 Å². The van der Waals surface area contributed by atoms with E-state index in [0.717, 1.165) is 43.7 Å². The highest BCUT2D eigenvalue weighted by Gasteiger charge is 2.38. The number of aryl methyl sites for hydroxylation is 1. The molecule has 0 radical (unpaired) electrons. The van der Waals surface area contributed by atoms with E-state index in [1.807, 2.05) is 18.2 Å². The molecule has 0 amide bonds. The number of carbonyl (C=O) groups is 1. The highest BCUT2D eigenvalue weighted by atomic mass is 16.5. The van der Waals surface area contributed by atoms with Crippen LogP contribution in [0.5, 0.6) is 0 Å². The molecule has 3 atom stereocenters. The summed E-state index contributed by atoms with van der Waals surface area (Å²) in [6.45, 7) is 4.75. The van der Waals surface area contributed by atoms with Crippen LogP contribution in [-0.2, 0) is 14.3 Å². The Hall–Kier alpha value is -1.39. The molecular formula is C18H25NO3. The number of carbonyl (C=O) groups excluding carboxylic acids is 1. The van der Waals surface area contributed by atoms with E-state index in [4.69, 9.17) is 9.47 Å². The van der Waals surface area contributed by atoms with Crippen LogP contribution < -0.4 is 0 Å². The van der Waals surface area contributed by atoms with Crippen LogP contribution in [0.1, 0.15) is 36.4 Å². The molecule has 2 aliphatic rings. The van der Waals surface area contributed by atoms with E-state index < -0.39 is 0 Å². The van der Waals surface area contributed by atoms with Crippen molar-refractivity contribution in [1.82, 2.24) is 4.90 Å². The van der Waals surface area contributed by atoms with E-state index in [2.05, 4.69) is 17.9 Å². The van der Waals surface area contributed by atoms with Gasteiger partial charge in [0.15, 0.2) is 0 Å². The van der Waals surface area contributed by atoms with Gasteiger partial charge in [-0.15, -0.1) is 0 Å². The maximum Gasteiger partial charge on any atom is 0.327 e. The first kappa shape index (κ1) is 15.5. The number of fused-ring (bicyclic) bond motifs is 1. The second kappa shape index (κ2) is 6.80. The summed E-state index contributed by atoms with van der Waals surface area (Å²) in [5.74, 6) is 0.378. The molecule has 0 aliphatic carbocycles. The van der Waals surface area contributed by atoms with E-state index in [9.17, 15) is 4.79 Å². The van der Waals surface area contributed by atoms with Gasteiger partial charge in [0.25, 0.3) is 0 Å². The smallest absolute Gasteiger partial charge is 0.327 e. The van der Waals surface area contributed by atoms with Gasteiger partial charge in [0.1, 0.15) is 6.04 Å². The van der Waals surface area contributed by atoms with Crippen molar-refractivity contribution in [2.45, 2.75) is 38.3 Å². The Morgan fingerprint density at radius 2 is 2.18 bits per heavy atom. The lowest BCUT2D eigenvalue weighted by atomic mass is 9.86. The van der Waals surface area contributed by atoms with Crippen molar-refractivity contribution in [3.63, 3.8) is 0 Å². The average molecular weight is 303 g/mol. The molecule has 0 aromatic heterocycles. The number of hydrogen-bond acceptors (Lipinski definition) is 4. The minimum Gasteiger partial charge on any atom is -0.468 e. The van der Waals surface area contributed by atoms with Crippen molar-refractivity contribution in [1.29, 1.82) is 0 Å². The molecule has 1 aromatic carbocycles. The van der Waals surface area contributed by atoms with Crippen molar-refractivity contribution >= 4 is 5.97 Å². The molecule has 0 bridgehead atoms. The molecule has 3 rings (SSSR count). The van der Waals surface area contributed by atoms with Gasteiger partial charge >= 0.3 is 5.97 Å². The van der Waals surface area contributed by atoms with Crippen molar-refractivity contribution < 1.29 is 14.3 Å². The predicted molar refractivity (Wildman–Crippen MR) is 84.6 cm³/mol. The van der Waals surface area contributed by atoms with Gasteiger partial charge in [-0.1, -0.05) is 24.3 Å². The normalized spacial score (nSPS) is 27.0. The Kier molecular flexibility index (Phi) is 4.79. The van der Waals surface area contributed by atoms with Crippen LogP contribution in [-0.4, -0.2) is 43.8 Å². The zero-order valence-electron chi connectivity index (χ0n) is 13.5. The number of piperidine rings is 1. The summed E-state index contributed by atoms with van der Waals surface area (Å²) in [5, 5.41) is 0. The van der Waals surface area contributed by atoms with Crippen molar-refractivity contribution in [2.75, 3.05) is 26.8 Å². The SMILES string of the molecule is COC(=O)[C@H](c1ccccc1C)N1CC[C@@H]2OCCC[C@H]2C1. The molecule has 4 nitrogen and oxygen atoms in total. The molecule has 2 heterocycles. The van der Waals surface area contributed by atoms with E-state index in [-0.39, 0.29) is 12.0 Å². The molecule has 0 saturated carbocycles. The second-order valence-corrected chi connectivity index (χ2v) is 6.38. The number of methoxy groups -OCH3 is 1. The van der Waals surface area contributed by atoms with Crippen LogP contribution >= 0.6 is 0 Å². The monoisotopic (exact) mass is 303 g/mol. The Morgan fingerprint density at radius 1 is 1.36 bits per heavy atom. The summed E-state index contributed by atoms with van der Waals surface area (Å²) in [7, 11) is 1.48. The van der Waals surface area contributed by atoms with E-state index >= 15 is 0 Å². The van der Waals surface area contributed by atoms with E-state index in [1.54, 1.807) is 0 Å². The van der Waals surface area contributed by atoms with Crippen LogP contribution in [0.2, 0.25) is 0 Å². The maximum absolute atomic E-state index is 12.4. The summed E-state index contributed by atoms with van der Waals surface area (Å²) in [4.78, 5) is 14.7. The number of benzene rings is 1. The molecule has 4 heteroatoms. The average Bonchev–Trinajstić information content (AvgIpc) is 2.56. The number of rotatable bonds is 3. The fraction of sp³-hybridized carbons (Fsp3) is 0.611. The van der Waals surface area contributed by atoms with Crippen LogP contribution in [0.15, 0.2) is 24.3 Å². The number of likely N-dealkylation sites (tertiary alicyclic amines) is 1. The highest BCUT2D eigenvalue weighted by Crippen LogP contribution is 2.34. The van der Waals surface area contributed by atoms with Gasteiger partial charge in [0.2, 0.25) is 0 Å². The summed E-state index contributed by atoms with van der Waals surface area (Å²) in [6, 6.07) is 7.81. The number of ether oxygens (including phenoxy) is 2. The number of nitrogens with zero attached hydrogens (tertiary/aromatic N) is 1. The summed E-state index contributed by atoms with van der Waals surface area (Å²) in [5.41, 5.74) is 2.20. The number of esters is 1. The molecule has 0 unspecified atom stereocenters. The lowest BCUT2D eigenvalue weighted by Gasteiger charge is -2.43. The van der Waals surface area contributed by atoms with Gasteiger partial charge in [0, 0.05) is 19.7 Å². The predicted octanol–water partition coefficient (Wildman–Crippen LogP) is 2.71. The van der Waals surface area contributed by atoms with Gasteiger partial charge in [-0.05, 0) is 43.2 Å². The summed E-state index contributed by atoms with van der Waals surface area (Å²) >= 11 is 0. The van der Waals surface area contributed by atoms with Gasteiger partial charge in [-0.2, -0.15) is 0 Å². The van der Waals surface area contributed by atoms with Crippen LogP contribution in [0, 0.1) is 12.8 Å². The minimum absolute atomic E-state index is 0.163. The summed E-state index contributed by atoms with van der Waals surface area (Å²) < 4.78 is 11.0. The molecule has 2 fully saturated rings. The van der Waals surface area contributed by atoms with Crippen molar-refractivity contribution in [2.24, 2.45) is 5.92 Å². The van der Waals surface area contributed by atoms with Crippen LogP contribution in [0.3, 0.4) is 0 Å². The van der Waals surface area contributed by atoms with Crippen LogP contribution in [0.4, 0.5) is 0 Å². The topological polar surface area (TPSA) is 38.8 Å². The first-order valence-electron chi connectivity index (χ1n) is 8.19. The lowest BCUT2D eigenvalue weighted by Crippen LogP contribution is -2.49. The van der Waals surface area contributed by atoms with Gasteiger partial charge in [0.05, 0.1) is 13.2 Å². The molecule has 2 aliphatic heterocycles. The zero-order chi connectivity index (χ0) is 15.5. The molecule has 1 aromatic rings. The quantitative estimate of drug-likeness (QED) is 0.805. The molecule has 2 saturated heterocycles. The third-order valence-electron chi connectivity index (χ3n) is 5.02. The number of hydrogen-bond donors (Lipinski definition) is 0. The molecule has 0 N–H and O–H groups in total. The Balaban J connectivity index is 1.84. The Morgan fingerprint density at radius 3 is 2.95 bits per heavy atom. The molecule has 0 spiro atoms. The summed E-state index contributed by atoms with van der Waals surface area (Å²) in [6.07, 6.45) is 3.70. The standard InChI is InChI=1S/C18H25NO3/c1-13-6-3-4-8-15(13)17(18(20)21-2)19-10-9-16-14(12-19)7-5-11-22-16/h3-4,6,8,14,16-17H,5,7,9-12H2,1-2H3/t14-,16-,17-/m0/s1. The highest BCUT2D eigenvalue weighted by molar-refractivity contribution is 5.78. The van der Waals surface area contributed by atoms with E-state index in [1.165, 1.54) is 13.5 Å². The van der Waals surface area contributed by atoms with Gasteiger partial charge < -0.3 is 9.47 Å². The Bertz CT molecular complexity index is 531. The first-order valence-corrected chi connectivity index (χ1v) is 8.19. The van der Waals surface area contributed by atoms with E-state index in [0.29, 0.717) is 12.0 Å². The van der Waals surface area contributed by atoms with Crippen molar-refractivity contribution in [3.8, 4) is 0 Å². The third-order valence-corrected chi connectivity index (χ3v) is 5.02. The maximum atomic E-state index is 12.4.